The zero-order chi connectivity index (χ0) is 21.1. The molecule has 0 aromatic carbocycles. The number of methoxy groups -OCH3 is 1. The summed E-state index contributed by atoms with van der Waals surface area (Å²) >= 11 is 0. The summed E-state index contributed by atoms with van der Waals surface area (Å²) in [4.78, 5) is 17.2. The van der Waals surface area contributed by atoms with Crippen LogP contribution in [0.4, 0.5) is 5.82 Å². The number of anilines is 1. The number of aromatic nitrogens is 3. The van der Waals surface area contributed by atoms with Crippen molar-refractivity contribution in [1.29, 1.82) is 5.41 Å². The molecule has 0 saturated heterocycles. The van der Waals surface area contributed by atoms with Crippen LogP contribution in [0.3, 0.4) is 0 Å². The molecule has 0 spiro atoms. The maximum absolute atomic E-state index is 13.0. The maximum atomic E-state index is 13.0. The van der Waals surface area contributed by atoms with E-state index in [0.717, 1.165) is 19.3 Å². The van der Waals surface area contributed by atoms with E-state index in [4.69, 9.17) is 10.1 Å². The van der Waals surface area contributed by atoms with Gasteiger partial charge in [0.15, 0.2) is 11.5 Å². The number of carbonyl (C=O) groups excluding carboxylic acids is 1. The van der Waals surface area contributed by atoms with Crippen molar-refractivity contribution in [3.05, 3.63) is 59.8 Å². The van der Waals surface area contributed by atoms with Gasteiger partial charge < -0.3 is 25.9 Å². The summed E-state index contributed by atoms with van der Waals surface area (Å²) in [6, 6.07) is 3.71. The number of nitrogens with one attached hydrogen (secondary N) is 3. The predicted octanol–water partition coefficient (Wildman–Crippen LogP) is 1.93. The normalized spacial score (nSPS) is 23.1. The molecule has 30 heavy (non-hydrogen) atoms. The summed E-state index contributed by atoms with van der Waals surface area (Å²) in [6.45, 7) is 0. The fourth-order valence-corrected chi connectivity index (χ4v) is 3.68. The smallest absolute Gasteiger partial charge is 0.260 e. The van der Waals surface area contributed by atoms with E-state index in [9.17, 15) is 9.90 Å². The third-order valence-electron chi connectivity index (χ3n) is 5.26. The number of imidazole rings is 1. The first kappa shape index (κ1) is 19.8. The van der Waals surface area contributed by atoms with Gasteiger partial charge in [-0.2, -0.15) is 9.61 Å². The van der Waals surface area contributed by atoms with Crippen molar-refractivity contribution in [2.24, 2.45) is 0 Å². The van der Waals surface area contributed by atoms with E-state index in [-0.39, 0.29) is 23.8 Å². The van der Waals surface area contributed by atoms with Crippen LogP contribution in [0.1, 0.15) is 25.7 Å². The van der Waals surface area contributed by atoms with Crippen LogP contribution in [0.25, 0.3) is 5.65 Å². The lowest BCUT2D eigenvalue weighted by molar-refractivity contribution is -0.112. The standard InChI is InChI=1S/C21H24N6O3/c1-30-18-10-17(22)13(11-23-14-4-2-5-15(28)9-14)8-16(18)21(29)26-20-12-24-19-6-3-7-25-27(19)20/h3,6-8,10-12,14-15,22-23,28H,2,4-5,9H2,1H3,(H,26,29)/b13-11-,22-17?. The number of rotatable bonds is 5. The first-order valence-electron chi connectivity index (χ1n) is 9.86. The van der Waals surface area contributed by atoms with Crippen molar-refractivity contribution in [2.75, 3.05) is 12.4 Å². The summed E-state index contributed by atoms with van der Waals surface area (Å²) in [5, 5.41) is 28.4. The summed E-state index contributed by atoms with van der Waals surface area (Å²) < 4.78 is 6.87. The van der Waals surface area contributed by atoms with Crippen LogP contribution >= 0.6 is 0 Å². The highest BCUT2D eigenvalue weighted by atomic mass is 16.5. The molecule has 1 amide bonds. The van der Waals surface area contributed by atoms with Gasteiger partial charge in [0.25, 0.3) is 5.91 Å². The number of aliphatic hydroxyl groups excluding tert-OH is 1. The van der Waals surface area contributed by atoms with E-state index in [1.54, 1.807) is 30.6 Å². The maximum Gasteiger partial charge on any atom is 0.260 e. The van der Waals surface area contributed by atoms with E-state index in [1.807, 2.05) is 0 Å². The number of carbonyl (C=O) groups is 1. The molecule has 2 aliphatic carbocycles. The molecule has 2 heterocycles. The summed E-state index contributed by atoms with van der Waals surface area (Å²) in [7, 11) is 1.46. The molecule has 2 aromatic rings. The van der Waals surface area contributed by atoms with E-state index in [2.05, 4.69) is 20.7 Å². The number of fused-ring (bicyclic) bond motifs is 1. The molecule has 0 bridgehead atoms. The largest absolute Gasteiger partial charge is 0.496 e. The first-order valence-corrected chi connectivity index (χ1v) is 9.86. The van der Waals surface area contributed by atoms with Crippen molar-refractivity contribution >= 4 is 23.1 Å². The molecule has 2 atom stereocenters. The molecule has 9 heteroatoms. The van der Waals surface area contributed by atoms with Gasteiger partial charge in [-0.25, -0.2) is 4.98 Å². The zero-order valence-electron chi connectivity index (χ0n) is 16.6. The average molecular weight is 408 g/mol. The topological polar surface area (TPSA) is 125 Å². The highest BCUT2D eigenvalue weighted by Gasteiger charge is 2.24. The molecule has 4 rings (SSSR count). The molecule has 2 unspecified atom stereocenters. The molecule has 2 aromatic heterocycles. The Morgan fingerprint density at radius 1 is 1.40 bits per heavy atom. The first-order chi connectivity index (χ1) is 14.5. The predicted molar refractivity (Wildman–Crippen MR) is 112 cm³/mol. The summed E-state index contributed by atoms with van der Waals surface area (Å²) in [5.74, 6) is 0.360. The third kappa shape index (κ3) is 4.11. The monoisotopic (exact) mass is 408 g/mol. The minimum absolute atomic E-state index is 0.150. The van der Waals surface area contributed by atoms with Crippen LogP contribution in [0.15, 0.2) is 59.8 Å². The van der Waals surface area contributed by atoms with Crippen LogP contribution in [0, 0.1) is 5.41 Å². The fourth-order valence-electron chi connectivity index (χ4n) is 3.68. The van der Waals surface area contributed by atoms with Gasteiger partial charge >= 0.3 is 0 Å². The Balaban J connectivity index is 1.55. The summed E-state index contributed by atoms with van der Waals surface area (Å²) in [5.41, 5.74) is 1.73. The van der Waals surface area contributed by atoms with Gasteiger partial charge in [0, 0.05) is 30.1 Å². The summed E-state index contributed by atoms with van der Waals surface area (Å²) in [6.07, 6.45) is 11.2. The zero-order valence-corrected chi connectivity index (χ0v) is 16.6. The average Bonchev–Trinajstić information content (AvgIpc) is 3.15. The fraction of sp³-hybridized carbons (Fsp3) is 0.333. The highest BCUT2D eigenvalue weighted by Crippen LogP contribution is 2.24. The molecule has 4 N–H and O–H groups in total. The van der Waals surface area contributed by atoms with Crippen molar-refractivity contribution < 1.29 is 14.6 Å². The minimum Gasteiger partial charge on any atom is -0.496 e. The lowest BCUT2D eigenvalue weighted by atomic mass is 9.93. The Bertz CT molecular complexity index is 1070. The lowest BCUT2D eigenvalue weighted by Crippen LogP contribution is -2.33. The molecule has 0 radical (unpaired) electrons. The van der Waals surface area contributed by atoms with Crippen LogP contribution in [-0.4, -0.2) is 50.6 Å². The number of allylic oxidation sites excluding steroid dienone is 3. The van der Waals surface area contributed by atoms with Gasteiger partial charge in [0.2, 0.25) is 0 Å². The molecule has 2 aliphatic rings. The van der Waals surface area contributed by atoms with Crippen molar-refractivity contribution in [1.82, 2.24) is 19.9 Å². The molecule has 0 aliphatic heterocycles. The second-order valence-corrected chi connectivity index (χ2v) is 7.36. The Hall–Kier alpha value is -3.46. The van der Waals surface area contributed by atoms with E-state index >= 15 is 0 Å². The van der Waals surface area contributed by atoms with Gasteiger partial charge in [-0.05, 0) is 43.9 Å². The SMILES string of the molecule is COC1=CC(=N)/C(=C\NC2CCCC(O)C2)C=C1C(=O)Nc1cnc2cccnn12. The quantitative estimate of drug-likeness (QED) is 0.599. The number of hydrogen-bond donors (Lipinski definition) is 4. The van der Waals surface area contributed by atoms with E-state index in [1.165, 1.54) is 23.9 Å². The van der Waals surface area contributed by atoms with Gasteiger partial charge in [-0.3, -0.25) is 4.79 Å². The second-order valence-electron chi connectivity index (χ2n) is 7.36. The van der Waals surface area contributed by atoms with Gasteiger partial charge in [0.05, 0.1) is 30.7 Å². The Morgan fingerprint density at radius 2 is 2.27 bits per heavy atom. The van der Waals surface area contributed by atoms with Crippen LogP contribution in [0.5, 0.6) is 0 Å². The molecular formula is C21H24N6O3. The van der Waals surface area contributed by atoms with E-state index in [0.29, 0.717) is 34.8 Å². The molecular weight excluding hydrogens is 384 g/mol. The molecule has 156 valence electrons. The molecule has 1 saturated carbocycles. The second kappa shape index (κ2) is 8.50. The number of amides is 1. The van der Waals surface area contributed by atoms with Gasteiger partial charge in [-0.1, -0.05) is 0 Å². The Kier molecular flexibility index (Phi) is 5.62. The third-order valence-corrected chi connectivity index (χ3v) is 5.26. The number of ether oxygens (including phenoxy) is 1. The lowest BCUT2D eigenvalue weighted by Gasteiger charge is -2.26. The van der Waals surface area contributed by atoms with Crippen LogP contribution in [0.2, 0.25) is 0 Å². The van der Waals surface area contributed by atoms with Gasteiger partial charge in [-0.15, -0.1) is 0 Å². The van der Waals surface area contributed by atoms with Gasteiger partial charge in [0.1, 0.15) is 5.76 Å². The Morgan fingerprint density at radius 3 is 3.07 bits per heavy atom. The van der Waals surface area contributed by atoms with Crippen LogP contribution < -0.4 is 10.6 Å². The van der Waals surface area contributed by atoms with Crippen LogP contribution in [-0.2, 0) is 9.53 Å². The van der Waals surface area contributed by atoms with Crippen molar-refractivity contribution in [2.45, 2.75) is 37.8 Å². The number of hydrogen-bond acceptors (Lipinski definition) is 7. The number of aliphatic hydroxyl groups is 1. The Labute approximate surface area is 173 Å². The highest BCUT2D eigenvalue weighted by molar-refractivity contribution is 6.16. The minimum atomic E-state index is -0.387. The van der Waals surface area contributed by atoms with Crippen molar-refractivity contribution in [3.63, 3.8) is 0 Å². The van der Waals surface area contributed by atoms with E-state index < -0.39 is 0 Å². The molecule has 1 fully saturated rings. The molecule has 9 nitrogen and oxygen atoms in total. The number of nitrogens with zero attached hydrogens (tertiary/aromatic N) is 3. The van der Waals surface area contributed by atoms with Crippen molar-refractivity contribution in [3.8, 4) is 0 Å².